The van der Waals surface area contributed by atoms with Gasteiger partial charge in [0.2, 0.25) is 5.91 Å². The summed E-state index contributed by atoms with van der Waals surface area (Å²) in [5.41, 5.74) is 5.67. The first kappa shape index (κ1) is 15.1. The second-order valence-corrected chi connectivity index (χ2v) is 5.86. The highest BCUT2D eigenvalue weighted by Gasteiger charge is 2.34. The summed E-state index contributed by atoms with van der Waals surface area (Å²) < 4.78 is 5.49. The number of carbonyl (C=O) groups excluding carboxylic acids is 1. The van der Waals surface area contributed by atoms with Gasteiger partial charge in [0.25, 0.3) is 0 Å². The van der Waals surface area contributed by atoms with Crippen molar-refractivity contribution in [2.24, 2.45) is 22.7 Å². The molecular weight excluding hydrogens is 258 g/mol. The van der Waals surface area contributed by atoms with Crippen LogP contribution in [0.1, 0.15) is 45.4 Å². The molecule has 2 unspecified atom stereocenters. The Morgan fingerprint density at radius 1 is 1.45 bits per heavy atom. The lowest BCUT2D eigenvalue weighted by Crippen LogP contribution is -2.44. The van der Waals surface area contributed by atoms with E-state index < -0.39 is 0 Å². The molecule has 20 heavy (non-hydrogen) atoms. The standard InChI is InChI=1S/C14H25N3O3/c1-2-20-10-6-9(7-10)8-13(18)16-12-5-3-4-11(12)14(15)17-19/h9-12,19H,2-8H2,1H3,(H2,15,17)(H,16,18). The third kappa shape index (κ3) is 3.62. The Labute approximate surface area is 119 Å². The molecule has 2 aliphatic carbocycles. The van der Waals surface area contributed by atoms with Gasteiger partial charge in [0.05, 0.1) is 6.10 Å². The molecule has 0 aromatic heterocycles. The minimum absolute atomic E-state index is 0.0150. The van der Waals surface area contributed by atoms with Crippen LogP contribution in [0.4, 0.5) is 0 Å². The van der Waals surface area contributed by atoms with E-state index in [9.17, 15) is 4.79 Å². The van der Waals surface area contributed by atoms with Gasteiger partial charge >= 0.3 is 0 Å². The number of ether oxygens (including phenoxy) is 1. The van der Waals surface area contributed by atoms with Gasteiger partial charge in [-0.05, 0) is 38.5 Å². The number of amidine groups is 1. The summed E-state index contributed by atoms with van der Waals surface area (Å²) in [4.78, 5) is 12.0. The fraction of sp³-hybridized carbons (Fsp3) is 0.857. The van der Waals surface area contributed by atoms with E-state index in [4.69, 9.17) is 15.7 Å². The number of nitrogens with two attached hydrogens (primary N) is 1. The molecule has 0 bridgehead atoms. The molecule has 2 rings (SSSR count). The number of amides is 1. The van der Waals surface area contributed by atoms with Crippen molar-refractivity contribution in [3.63, 3.8) is 0 Å². The summed E-state index contributed by atoms with van der Waals surface area (Å²) >= 11 is 0. The van der Waals surface area contributed by atoms with Crippen molar-refractivity contribution in [1.29, 1.82) is 0 Å². The normalized spacial score (nSPS) is 33.8. The molecule has 0 aromatic rings. The summed E-state index contributed by atoms with van der Waals surface area (Å²) in [5.74, 6) is 0.720. The Bertz CT molecular complexity index is 367. The number of nitrogens with one attached hydrogen (secondary N) is 1. The second-order valence-electron chi connectivity index (χ2n) is 5.86. The van der Waals surface area contributed by atoms with Gasteiger partial charge in [0, 0.05) is 25.0 Å². The molecule has 4 N–H and O–H groups in total. The van der Waals surface area contributed by atoms with Crippen LogP contribution in [0.25, 0.3) is 0 Å². The Balaban J connectivity index is 1.72. The number of hydrogen-bond donors (Lipinski definition) is 3. The van der Waals surface area contributed by atoms with Crippen LogP contribution in [-0.2, 0) is 9.53 Å². The molecular formula is C14H25N3O3. The molecule has 0 spiro atoms. The number of nitrogens with zero attached hydrogens (tertiary/aromatic N) is 1. The molecule has 6 heteroatoms. The number of oxime groups is 1. The molecule has 2 saturated carbocycles. The zero-order chi connectivity index (χ0) is 14.5. The molecule has 0 heterocycles. The van der Waals surface area contributed by atoms with Gasteiger partial charge < -0.3 is 21.0 Å². The molecule has 0 radical (unpaired) electrons. The lowest BCUT2D eigenvalue weighted by Gasteiger charge is -2.34. The summed E-state index contributed by atoms with van der Waals surface area (Å²) in [6.45, 7) is 2.74. The van der Waals surface area contributed by atoms with Crippen molar-refractivity contribution < 1.29 is 14.7 Å². The van der Waals surface area contributed by atoms with Crippen LogP contribution in [0.15, 0.2) is 5.16 Å². The highest BCUT2D eigenvalue weighted by molar-refractivity contribution is 5.84. The zero-order valence-electron chi connectivity index (χ0n) is 12.0. The molecule has 6 nitrogen and oxygen atoms in total. The molecule has 2 atom stereocenters. The van der Waals surface area contributed by atoms with Gasteiger partial charge in [0.1, 0.15) is 5.84 Å². The average Bonchev–Trinajstić information content (AvgIpc) is 2.83. The highest BCUT2D eigenvalue weighted by Crippen LogP contribution is 2.33. The van der Waals surface area contributed by atoms with E-state index >= 15 is 0 Å². The summed E-state index contributed by atoms with van der Waals surface area (Å²) in [5, 5.41) is 14.9. The molecule has 1 amide bonds. The lowest BCUT2D eigenvalue weighted by molar-refractivity contribution is -0.125. The zero-order valence-corrected chi connectivity index (χ0v) is 12.0. The number of rotatable bonds is 6. The van der Waals surface area contributed by atoms with E-state index in [1.54, 1.807) is 0 Å². The Kier molecular flexibility index (Phi) is 5.23. The van der Waals surface area contributed by atoms with Gasteiger partial charge in [-0.15, -0.1) is 0 Å². The van der Waals surface area contributed by atoms with E-state index in [2.05, 4.69) is 10.5 Å². The van der Waals surface area contributed by atoms with E-state index in [-0.39, 0.29) is 23.7 Å². The Hall–Kier alpha value is -1.30. The highest BCUT2D eigenvalue weighted by atomic mass is 16.5. The van der Waals surface area contributed by atoms with Gasteiger partial charge in [-0.25, -0.2) is 0 Å². The third-order valence-corrected chi connectivity index (χ3v) is 4.43. The van der Waals surface area contributed by atoms with Gasteiger partial charge in [-0.2, -0.15) is 0 Å². The molecule has 0 saturated heterocycles. The topological polar surface area (TPSA) is 96.9 Å². The minimum atomic E-state index is -0.0264. The van der Waals surface area contributed by atoms with Crippen molar-refractivity contribution in [1.82, 2.24) is 5.32 Å². The van der Waals surface area contributed by atoms with Crippen LogP contribution in [0, 0.1) is 11.8 Å². The molecule has 0 aliphatic heterocycles. The van der Waals surface area contributed by atoms with Crippen LogP contribution in [0.2, 0.25) is 0 Å². The van der Waals surface area contributed by atoms with E-state index in [0.29, 0.717) is 18.4 Å². The first-order chi connectivity index (χ1) is 9.63. The summed E-state index contributed by atoms with van der Waals surface area (Å²) in [7, 11) is 0. The van der Waals surface area contributed by atoms with Crippen LogP contribution >= 0.6 is 0 Å². The molecule has 0 aromatic carbocycles. The number of carbonyl (C=O) groups is 1. The van der Waals surface area contributed by atoms with Gasteiger partial charge in [-0.1, -0.05) is 11.6 Å². The van der Waals surface area contributed by atoms with Gasteiger partial charge in [0.15, 0.2) is 0 Å². The summed E-state index contributed by atoms with van der Waals surface area (Å²) in [6, 6.07) is 0.0150. The Morgan fingerprint density at radius 3 is 2.85 bits per heavy atom. The maximum absolute atomic E-state index is 12.0. The predicted octanol–water partition coefficient (Wildman–Crippen LogP) is 1.22. The minimum Gasteiger partial charge on any atom is -0.409 e. The van der Waals surface area contributed by atoms with Crippen molar-refractivity contribution >= 4 is 11.7 Å². The monoisotopic (exact) mass is 283 g/mol. The molecule has 114 valence electrons. The van der Waals surface area contributed by atoms with Crippen LogP contribution in [0.5, 0.6) is 0 Å². The lowest BCUT2D eigenvalue weighted by atomic mass is 9.80. The second kappa shape index (κ2) is 6.92. The van der Waals surface area contributed by atoms with Crippen molar-refractivity contribution in [3.05, 3.63) is 0 Å². The van der Waals surface area contributed by atoms with Crippen LogP contribution < -0.4 is 11.1 Å². The predicted molar refractivity (Wildman–Crippen MR) is 75.4 cm³/mol. The van der Waals surface area contributed by atoms with Gasteiger partial charge in [-0.3, -0.25) is 4.79 Å². The fourth-order valence-electron chi connectivity index (χ4n) is 3.30. The van der Waals surface area contributed by atoms with E-state index in [1.165, 1.54) is 0 Å². The molecule has 2 aliphatic rings. The smallest absolute Gasteiger partial charge is 0.220 e. The third-order valence-electron chi connectivity index (χ3n) is 4.43. The maximum Gasteiger partial charge on any atom is 0.220 e. The van der Waals surface area contributed by atoms with Crippen molar-refractivity contribution in [2.45, 2.75) is 57.6 Å². The largest absolute Gasteiger partial charge is 0.409 e. The quantitative estimate of drug-likeness (QED) is 0.295. The number of hydrogen-bond acceptors (Lipinski definition) is 4. The summed E-state index contributed by atoms with van der Waals surface area (Å²) in [6.07, 6.45) is 5.64. The Morgan fingerprint density at radius 2 is 2.20 bits per heavy atom. The average molecular weight is 283 g/mol. The van der Waals surface area contributed by atoms with Crippen molar-refractivity contribution in [2.75, 3.05) is 6.61 Å². The SMILES string of the molecule is CCOC1CC(CC(=O)NC2CCCC2C(N)=NO)C1. The van der Waals surface area contributed by atoms with E-state index in [0.717, 1.165) is 38.7 Å². The molecule has 2 fully saturated rings. The first-order valence-corrected chi connectivity index (χ1v) is 7.52. The maximum atomic E-state index is 12.0. The van der Waals surface area contributed by atoms with E-state index in [1.807, 2.05) is 6.92 Å². The fourth-order valence-corrected chi connectivity index (χ4v) is 3.30. The van der Waals surface area contributed by atoms with Crippen LogP contribution in [0.3, 0.4) is 0 Å². The van der Waals surface area contributed by atoms with Crippen LogP contribution in [-0.4, -0.2) is 35.7 Å². The van der Waals surface area contributed by atoms with Crippen molar-refractivity contribution in [3.8, 4) is 0 Å². The first-order valence-electron chi connectivity index (χ1n) is 7.52.